The molecule has 1 aromatic carbocycles. The Hall–Kier alpha value is -2.35. The number of benzene rings is 1. The highest BCUT2D eigenvalue weighted by molar-refractivity contribution is 7.90. The van der Waals surface area contributed by atoms with Crippen LogP contribution < -0.4 is 5.32 Å². The van der Waals surface area contributed by atoms with Crippen molar-refractivity contribution in [3.8, 4) is 0 Å². The summed E-state index contributed by atoms with van der Waals surface area (Å²) in [5.74, 6) is -0.0835. The van der Waals surface area contributed by atoms with Gasteiger partial charge in [0.05, 0.1) is 24.2 Å². The van der Waals surface area contributed by atoms with Crippen LogP contribution in [0.5, 0.6) is 0 Å². The SMILES string of the molecule is CCN(Cc1cnc(S(=O)(=O)Cc2cccc(C)c2)n1C1CCCCC1)C(=O)NC(C)(C)C. The van der Waals surface area contributed by atoms with Crippen molar-refractivity contribution in [2.24, 2.45) is 0 Å². The number of nitrogens with zero attached hydrogens (tertiary/aromatic N) is 3. The molecule has 7 nitrogen and oxygen atoms in total. The molecule has 0 unspecified atom stereocenters. The van der Waals surface area contributed by atoms with Crippen LogP contribution >= 0.6 is 0 Å². The number of sulfone groups is 1. The lowest BCUT2D eigenvalue weighted by Crippen LogP contribution is -2.48. The second-order valence-electron chi connectivity index (χ2n) is 10.1. The van der Waals surface area contributed by atoms with Crippen LogP contribution in [0.4, 0.5) is 4.79 Å². The molecule has 2 amide bonds. The van der Waals surface area contributed by atoms with Crippen LogP contribution in [-0.2, 0) is 22.1 Å². The molecule has 1 heterocycles. The van der Waals surface area contributed by atoms with Gasteiger partial charge in [0.1, 0.15) is 0 Å². The lowest BCUT2D eigenvalue weighted by Gasteiger charge is -2.30. The van der Waals surface area contributed by atoms with Gasteiger partial charge in [-0.05, 0) is 53.0 Å². The van der Waals surface area contributed by atoms with E-state index in [0.29, 0.717) is 13.1 Å². The smallest absolute Gasteiger partial charge is 0.318 e. The summed E-state index contributed by atoms with van der Waals surface area (Å²) in [5.41, 5.74) is 2.21. The van der Waals surface area contributed by atoms with E-state index in [9.17, 15) is 13.2 Å². The largest absolute Gasteiger partial charge is 0.333 e. The van der Waals surface area contributed by atoms with E-state index < -0.39 is 9.84 Å². The van der Waals surface area contributed by atoms with Gasteiger partial charge in [-0.3, -0.25) is 0 Å². The van der Waals surface area contributed by atoms with Crippen molar-refractivity contribution in [1.82, 2.24) is 19.8 Å². The summed E-state index contributed by atoms with van der Waals surface area (Å²) < 4.78 is 28.9. The fourth-order valence-electron chi connectivity index (χ4n) is 4.46. The van der Waals surface area contributed by atoms with Crippen LogP contribution in [0, 0.1) is 6.92 Å². The molecule has 1 fully saturated rings. The standard InChI is InChI=1S/C25H38N4O3S/c1-6-28(23(30)27-25(3,4)5)17-22-16-26-24(29(22)21-13-8-7-9-14-21)33(31,32)18-20-12-10-11-19(2)15-20/h10-12,15-16,21H,6-9,13-14,17-18H2,1-5H3,(H,27,30). The van der Waals surface area contributed by atoms with Gasteiger partial charge in [0.2, 0.25) is 15.0 Å². The molecule has 1 aromatic heterocycles. The summed E-state index contributed by atoms with van der Waals surface area (Å²) in [6, 6.07) is 7.51. The molecule has 2 aromatic rings. The Morgan fingerprint density at radius 2 is 1.91 bits per heavy atom. The molecular formula is C25H38N4O3S. The van der Waals surface area contributed by atoms with Crippen LogP contribution in [0.2, 0.25) is 0 Å². The zero-order valence-corrected chi connectivity index (χ0v) is 21.4. The Balaban J connectivity index is 1.95. The first-order valence-corrected chi connectivity index (χ1v) is 13.6. The Kier molecular flexibility index (Phi) is 7.88. The van der Waals surface area contributed by atoms with Crippen molar-refractivity contribution in [1.29, 1.82) is 0 Å². The third kappa shape index (κ3) is 6.59. The number of urea groups is 1. The zero-order valence-electron chi connectivity index (χ0n) is 20.6. The number of carbonyl (C=O) groups is 1. The van der Waals surface area contributed by atoms with Gasteiger partial charge in [-0.2, -0.15) is 0 Å². The lowest BCUT2D eigenvalue weighted by molar-refractivity contribution is 0.186. The molecule has 182 valence electrons. The topological polar surface area (TPSA) is 84.3 Å². The number of carbonyl (C=O) groups excluding carboxylic acids is 1. The van der Waals surface area contributed by atoms with Crippen LogP contribution in [0.15, 0.2) is 35.6 Å². The molecule has 0 aliphatic heterocycles. The fourth-order valence-corrected chi connectivity index (χ4v) is 5.99. The molecule has 0 atom stereocenters. The van der Waals surface area contributed by atoms with E-state index in [1.165, 1.54) is 6.42 Å². The first kappa shape index (κ1) is 25.3. The Labute approximate surface area is 198 Å². The number of rotatable bonds is 7. The van der Waals surface area contributed by atoms with Crippen molar-refractivity contribution >= 4 is 15.9 Å². The summed E-state index contributed by atoms with van der Waals surface area (Å²) in [7, 11) is -3.65. The van der Waals surface area contributed by atoms with Crippen molar-refractivity contribution in [2.75, 3.05) is 6.54 Å². The molecule has 33 heavy (non-hydrogen) atoms. The number of nitrogens with one attached hydrogen (secondary N) is 1. The van der Waals surface area contributed by atoms with Crippen LogP contribution in [0.1, 0.15) is 82.7 Å². The first-order chi connectivity index (χ1) is 15.5. The van der Waals surface area contributed by atoms with Crippen molar-refractivity contribution in [3.05, 3.63) is 47.3 Å². The van der Waals surface area contributed by atoms with Gasteiger partial charge in [-0.15, -0.1) is 0 Å². The van der Waals surface area contributed by atoms with E-state index >= 15 is 0 Å². The van der Waals surface area contributed by atoms with E-state index in [2.05, 4.69) is 10.3 Å². The van der Waals surface area contributed by atoms with Gasteiger partial charge < -0.3 is 14.8 Å². The maximum absolute atomic E-state index is 13.5. The highest BCUT2D eigenvalue weighted by atomic mass is 32.2. The number of aromatic nitrogens is 2. The van der Waals surface area contributed by atoms with E-state index in [1.807, 2.05) is 63.5 Å². The number of hydrogen-bond acceptors (Lipinski definition) is 4. The molecular weight excluding hydrogens is 436 g/mol. The number of amides is 2. The Bertz CT molecular complexity index is 1060. The van der Waals surface area contributed by atoms with Gasteiger partial charge in [0, 0.05) is 18.1 Å². The summed E-state index contributed by atoms with van der Waals surface area (Å²) in [6.07, 6.45) is 6.81. The number of aryl methyl sites for hydroxylation is 1. The first-order valence-electron chi connectivity index (χ1n) is 11.9. The van der Waals surface area contributed by atoms with Crippen LogP contribution in [-0.4, -0.2) is 41.0 Å². The molecule has 1 aliphatic rings. The highest BCUT2D eigenvalue weighted by Crippen LogP contribution is 2.33. The van der Waals surface area contributed by atoms with Crippen molar-refractivity contribution in [3.63, 3.8) is 0 Å². The van der Waals surface area contributed by atoms with Crippen molar-refractivity contribution < 1.29 is 13.2 Å². The van der Waals surface area contributed by atoms with Crippen LogP contribution in [0.3, 0.4) is 0 Å². The Morgan fingerprint density at radius 3 is 2.52 bits per heavy atom. The minimum atomic E-state index is -3.65. The van der Waals surface area contributed by atoms with Gasteiger partial charge in [-0.25, -0.2) is 18.2 Å². The third-order valence-corrected chi connectivity index (χ3v) is 7.57. The molecule has 1 N–H and O–H groups in total. The van der Waals surface area contributed by atoms with E-state index in [0.717, 1.165) is 42.5 Å². The molecule has 0 radical (unpaired) electrons. The second-order valence-corrected chi connectivity index (χ2v) is 12.0. The van der Waals surface area contributed by atoms with Crippen molar-refractivity contribution in [2.45, 2.75) is 95.8 Å². The van der Waals surface area contributed by atoms with Gasteiger partial charge in [0.25, 0.3) is 0 Å². The highest BCUT2D eigenvalue weighted by Gasteiger charge is 2.30. The minimum absolute atomic E-state index is 0.0835. The van der Waals surface area contributed by atoms with E-state index in [1.54, 1.807) is 11.1 Å². The molecule has 0 bridgehead atoms. The summed E-state index contributed by atoms with van der Waals surface area (Å²) in [5, 5.41) is 3.13. The second kappa shape index (κ2) is 10.3. The molecule has 8 heteroatoms. The average Bonchev–Trinajstić information content (AvgIpc) is 3.15. The van der Waals surface area contributed by atoms with Crippen LogP contribution in [0.25, 0.3) is 0 Å². The summed E-state index contributed by atoms with van der Waals surface area (Å²) in [6.45, 7) is 10.6. The van der Waals surface area contributed by atoms with Gasteiger partial charge >= 0.3 is 6.03 Å². The summed E-state index contributed by atoms with van der Waals surface area (Å²) >= 11 is 0. The third-order valence-electron chi connectivity index (χ3n) is 6.00. The average molecular weight is 475 g/mol. The molecule has 0 spiro atoms. The molecule has 1 saturated carbocycles. The predicted molar refractivity (Wildman–Crippen MR) is 131 cm³/mol. The molecule has 3 rings (SSSR count). The van der Waals surface area contributed by atoms with Gasteiger partial charge in [0.15, 0.2) is 0 Å². The fraction of sp³-hybridized carbons (Fsp3) is 0.600. The minimum Gasteiger partial charge on any atom is -0.333 e. The van der Waals surface area contributed by atoms with Gasteiger partial charge in [-0.1, -0.05) is 49.1 Å². The normalized spacial score (nSPS) is 15.4. The van der Waals surface area contributed by atoms with E-state index in [4.69, 9.17) is 0 Å². The van der Waals surface area contributed by atoms with E-state index in [-0.39, 0.29) is 28.5 Å². The number of imidazole rings is 1. The Morgan fingerprint density at radius 1 is 1.21 bits per heavy atom. The predicted octanol–water partition coefficient (Wildman–Crippen LogP) is 5.00. The maximum atomic E-state index is 13.5. The number of hydrogen-bond donors (Lipinski definition) is 1. The quantitative estimate of drug-likeness (QED) is 0.612. The molecule has 1 aliphatic carbocycles. The monoisotopic (exact) mass is 474 g/mol. The molecule has 0 saturated heterocycles. The zero-order chi connectivity index (χ0) is 24.2. The maximum Gasteiger partial charge on any atom is 0.318 e. The summed E-state index contributed by atoms with van der Waals surface area (Å²) in [4.78, 5) is 19.0. The lowest BCUT2D eigenvalue weighted by atomic mass is 9.95.